The van der Waals surface area contributed by atoms with E-state index in [0.717, 1.165) is 195 Å². The van der Waals surface area contributed by atoms with Crippen molar-refractivity contribution in [1.82, 2.24) is 33.6 Å². The Bertz CT molecular complexity index is 7700. The van der Waals surface area contributed by atoms with E-state index in [-0.39, 0.29) is 0 Å². The van der Waals surface area contributed by atoms with E-state index in [2.05, 4.69) is 402 Å². The SMILES string of the molecule is c1ccc(-c2ccc(-c3cc(-c4ccc(-c5cc6ccccc6o5)cc4)nc(-c4cc(-n5c6ccccc6c6ccccc65)cc(-n5c6ccccc6c6cc(-c7ccc8cc(-c9ccc(-c%10cc(-c%11ccc(-c%12ccccc%12)cc%11)nc(-c%11ccccc%11-n%11c%12ccccc%12c%12ccccc%12%11)n%10)cc9)oc8c7)ccc65)c4)n3)cc2)cc1. The molecule has 23 aromatic rings. The minimum Gasteiger partial charge on any atom is -0.456 e. The summed E-state index contributed by atoms with van der Waals surface area (Å²) < 4.78 is 20.4. The molecule has 7 heterocycles. The molecule has 0 amide bonds. The highest BCUT2D eigenvalue weighted by Gasteiger charge is 2.24. The molecule has 7 aromatic heterocycles. The molecule has 0 radical (unpaired) electrons. The first-order valence-electron chi connectivity index (χ1n) is 39.5. The summed E-state index contributed by atoms with van der Waals surface area (Å²) in [4.78, 5) is 22.0. The Morgan fingerprint density at radius 3 is 1.02 bits per heavy atom. The molecule has 546 valence electrons. The van der Waals surface area contributed by atoms with Crippen molar-refractivity contribution in [2.24, 2.45) is 0 Å². The molecule has 0 fully saturated rings. The molecule has 0 atom stereocenters. The van der Waals surface area contributed by atoms with Crippen LogP contribution in [0, 0.1) is 0 Å². The van der Waals surface area contributed by atoms with Gasteiger partial charge in [0.05, 0.1) is 61.6 Å². The molecule has 0 saturated carbocycles. The van der Waals surface area contributed by atoms with Gasteiger partial charge in [0.25, 0.3) is 0 Å². The van der Waals surface area contributed by atoms with Crippen molar-refractivity contribution in [3.05, 3.63) is 406 Å². The van der Waals surface area contributed by atoms with Crippen molar-refractivity contribution >= 4 is 87.4 Å². The number of nitrogens with zero attached hydrogens (tertiary/aromatic N) is 7. The van der Waals surface area contributed by atoms with Crippen LogP contribution in [0.3, 0.4) is 0 Å². The van der Waals surface area contributed by atoms with Crippen LogP contribution in [0.15, 0.2) is 415 Å². The first kappa shape index (κ1) is 66.9. The second-order valence-corrected chi connectivity index (χ2v) is 30.1. The van der Waals surface area contributed by atoms with E-state index in [9.17, 15) is 0 Å². The predicted molar refractivity (Wildman–Crippen MR) is 480 cm³/mol. The molecular formula is C108H67N7O2. The van der Waals surface area contributed by atoms with Gasteiger partial charge in [-0.1, -0.05) is 297 Å². The zero-order valence-electron chi connectivity index (χ0n) is 63.1. The number of hydrogen-bond acceptors (Lipinski definition) is 6. The van der Waals surface area contributed by atoms with E-state index in [0.29, 0.717) is 11.6 Å². The van der Waals surface area contributed by atoms with Crippen LogP contribution in [0.5, 0.6) is 0 Å². The fourth-order valence-electron chi connectivity index (χ4n) is 17.4. The third kappa shape index (κ3) is 11.7. The molecule has 0 bridgehead atoms. The van der Waals surface area contributed by atoms with Crippen LogP contribution in [0.1, 0.15) is 0 Å². The highest BCUT2D eigenvalue weighted by molar-refractivity contribution is 6.13. The number of benzene rings is 16. The molecular weight excluding hydrogens is 1430 g/mol. The summed E-state index contributed by atoms with van der Waals surface area (Å²) in [5, 5.41) is 9.06. The lowest BCUT2D eigenvalue weighted by Gasteiger charge is -2.16. The normalized spacial score (nSPS) is 11.8. The van der Waals surface area contributed by atoms with Gasteiger partial charge >= 0.3 is 0 Å². The van der Waals surface area contributed by atoms with Gasteiger partial charge in [-0.2, -0.15) is 0 Å². The third-order valence-electron chi connectivity index (χ3n) is 23.1. The largest absolute Gasteiger partial charge is 0.456 e. The van der Waals surface area contributed by atoms with Gasteiger partial charge in [0, 0.05) is 99.0 Å². The molecule has 0 aliphatic rings. The lowest BCUT2D eigenvalue weighted by Crippen LogP contribution is -2.02. The van der Waals surface area contributed by atoms with E-state index in [4.69, 9.17) is 28.8 Å². The summed E-state index contributed by atoms with van der Waals surface area (Å²) in [5.74, 6) is 2.82. The van der Waals surface area contributed by atoms with Gasteiger partial charge in [-0.15, -0.1) is 0 Å². The molecule has 23 rings (SSSR count). The smallest absolute Gasteiger partial charge is 0.162 e. The average Bonchev–Trinajstić information content (AvgIpc) is 1.59. The van der Waals surface area contributed by atoms with Gasteiger partial charge in [-0.3, -0.25) is 0 Å². The van der Waals surface area contributed by atoms with Crippen molar-refractivity contribution in [2.75, 3.05) is 0 Å². The average molecular weight is 1490 g/mol. The summed E-state index contributed by atoms with van der Waals surface area (Å²) in [6.07, 6.45) is 0. The van der Waals surface area contributed by atoms with Crippen LogP contribution in [0.4, 0.5) is 0 Å². The van der Waals surface area contributed by atoms with Crippen LogP contribution in [-0.2, 0) is 0 Å². The molecule has 9 nitrogen and oxygen atoms in total. The summed E-state index contributed by atoms with van der Waals surface area (Å²) in [7, 11) is 0. The van der Waals surface area contributed by atoms with Gasteiger partial charge < -0.3 is 22.5 Å². The minimum atomic E-state index is 0.596. The molecule has 0 spiro atoms. The summed E-state index contributed by atoms with van der Waals surface area (Å²) in [6, 6.07) is 144. The number of rotatable bonds is 14. The van der Waals surface area contributed by atoms with Gasteiger partial charge in [0.2, 0.25) is 0 Å². The van der Waals surface area contributed by atoms with E-state index >= 15 is 0 Å². The van der Waals surface area contributed by atoms with E-state index in [1.165, 1.54) is 21.5 Å². The molecule has 0 aliphatic heterocycles. The summed E-state index contributed by atoms with van der Waals surface area (Å²) in [6.45, 7) is 0. The van der Waals surface area contributed by atoms with Gasteiger partial charge in [-0.25, -0.2) is 19.9 Å². The molecule has 117 heavy (non-hydrogen) atoms. The topological polar surface area (TPSA) is 92.6 Å². The predicted octanol–water partition coefficient (Wildman–Crippen LogP) is 28.4. The first-order valence-corrected chi connectivity index (χ1v) is 39.5. The summed E-state index contributed by atoms with van der Waals surface area (Å²) in [5.41, 5.74) is 28.7. The number of para-hydroxylation sites is 7. The van der Waals surface area contributed by atoms with Crippen molar-refractivity contribution in [3.8, 4) is 141 Å². The number of fused-ring (bicyclic) bond motifs is 11. The van der Waals surface area contributed by atoms with E-state index in [1.807, 2.05) is 18.2 Å². The van der Waals surface area contributed by atoms with E-state index < -0.39 is 0 Å². The lowest BCUT2D eigenvalue weighted by atomic mass is 10.0. The molecule has 0 saturated heterocycles. The van der Waals surface area contributed by atoms with Crippen LogP contribution in [-0.4, -0.2) is 33.6 Å². The Morgan fingerprint density at radius 1 is 0.188 bits per heavy atom. The van der Waals surface area contributed by atoms with Crippen molar-refractivity contribution in [3.63, 3.8) is 0 Å². The highest BCUT2D eigenvalue weighted by Crippen LogP contribution is 2.44. The van der Waals surface area contributed by atoms with E-state index in [1.54, 1.807) is 0 Å². The molecule has 0 aliphatic carbocycles. The molecule has 16 aromatic carbocycles. The van der Waals surface area contributed by atoms with Gasteiger partial charge in [0.15, 0.2) is 11.6 Å². The maximum atomic E-state index is 6.90. The Labute approximate surface area is 672 Å². The standard InChI is InChI=1S/C108H67N7O2/c1-3-21-68(22-4-1)70-39-43-72(44-40-70)92-66-93(74-47-51-76(52-48-74)104-63-80-25-7-20-38-103(80)116-104)110-107(109-92)82-59-83(113-96-32-14-8-26-85(96)86-27-9-15-33-97(86)113)65-84(60-82)114-98-34-16-12-30-89(98)91-61-78(57-58-102(91)114)79-55-56-81-64-105(117-106(81)62-79)77-53-49-75(50-54-77)95-67-94(73-45-41-71(42-46-73)69-23-5-2-6-24-69)111-108(112-95)90-31-13-19-37-101(90)115-99-35-17-10-28-87(99)88-29-11-18-36-100(88)115/h1-67H. The van der Waals surface area contributed by atoms with Gasteiger partial charge in [0.1, 0.15) is 22.7 Å². The zero-order chi connectivity index (χ0) is 77.0. The third-order valence-corrected chi connectivity index (χ3v) is 23.1. The number of hydrogen-bond donors (Lipinski definition) is 0. The minimum absolute atomic E-state index is 0.596. The Balaban J connectivity index is 0.616. The molecule has 0 N–H and O–H groups in total. The van der Waals surface area contributed by atoms with Crippen LogP contribution >= 0.6 is 0 Å². The maximum Gasteiger partial charge on any atom is 0.162 e. The fourth-order valence-corrected chi connectivity index (χ4v) is 17.4. The first-order chi connectivity index (χ1) is 57.9. The summed E-state index contributed by atoms with van der Waals surface area (Å²) >= 11 is 0. The maximum absolute atomic E-state index is 6.90. The monoisotopic (exact) mass is 1490 g/mol. The zero-order valence-corrected chi connectivity index (χ0v) is 63.1. The van der Waals surface area contributed by atoms with Gasteiger partial charge in [-0.05, 0) is 143 Å². The van der Waals surface area contributed by atoms with Crippen molar-refractivity contribution < 1.29 is 8.83 Å². The number of aromatic nitrogens is 7. The van der Waals surface area contributed by atoms with Crippen LogP contribution in [0.25, 0.3) is 228 Å². The lowest BCUT2D eigenvalue weighted by molar-refractivity contribution is 0.631. The quantitative estimate of drug-likeness (QED) is 0.108. The highest BCUT2D eigenvalue weighted by atomic mass is 16.3. The van der Waals surface area contributed by atoms with Crippen molar-refractivity contribution in [1.29, 1.82) is 0 Å². The van der Waals surface area contributed by atoms with Crippen LogP contribution in [0.2, 0.25) is 0 Å². The Hall–Kier alpha value is -15.8. The Morgan fingerprint density at radius 2 is 0.530 bits per heavy atom. The Kier molecular flexibility index (Phi) is 15.7. The number of furan rings is 2. The second-order valence-electron chi connectivity index (χ2n) is 30.1. The molecule has 9 heteroatoms. The molecule has 0 unspecified atom stereocenters. The second kappa shape index (κ2) is 27.5. The fraction of sp³-hybridized carbons (Fsp3) is 0. The van der Waals surface area contributed by atoms with Crippen molar-refractivity contribution in [2.45, 2.75) is 0 Å². The van der Waals surface area contributed by atoms with Crippen LogP contribution < -0.4 is 0 Å².